The summed E-state index contributed by atoms with van der Waals surface area (Å²) in [5.74, 6) is -0.426. The van der Waals surface area contributed by atoms with Crippen LogP contribution in [0.5, 0.6) is 11.5 Å². The third-order valence-electron chi connectivity index (χ3n) is 8.39. The molecule has 6 aromatic rings. The van der Waals surface area contributed by atoms with Gasteiger partial charge < -0.3 is 20.8 Å². The Hall–Kier alpha value is -5.97. The van der Waals surface area contributed by atoms with E-state index in [-0.39, 0.29) is 66.9 Å². The molecule has 17 nitrogen and oxygen atoms in total. The number of sulfonamides is 2. The van der Waals surface area contributed by atoms with Gasteiger partial charge in [-0.05, 0) is 109 Å². The summed E-state index contributed by atoms with van der Waals surface area (Å²) < 4.78 is 123. The molecule has 292 valence electrons. The van der Waals surface area contributed by atoms with Gasteiger partial charge in [0.15, 0.2) is 0 Å². The lowest BCUT2D eigenvalue weighted by molar-refractivity contribution is 0.250. The molecule has 0 saturated carbocycles. The van der Waals surface area contributed by atoms with Crippen molar-refractivity contribution in [1.29, 1.82) is 0 Å². The molecule has 0 aromatic heterocycles. The molecule has 0 aliphatic heterocycles. The van der Waals surface area contributed by atoms with Crippen LogP contribution in [0.15, 0.2) is 117 Å². The van der Waals surface area contributed by atoms with Gasteiger partial charge >= 0.3 is 6.03 Å². The lowest BCUT2D eigenvalue weighted by Crippen LogP contribution is -2.42. The number of hydrogen-bond donors (Lipinski definition) is 8. The van der Waals surface area contributed by atoms with Crippen LogP contribution in [0.25, 0.3) is 21.5 Å². The number of carbonyl (C=O) groups is 1. The van der Waals surface area contributed by atoms with Crippen molar-refractivity contribution in [2.24, 2.45) is 0 Å². The van der Waals surface area contributed by atoms with Crippen LogP contribution in [0.2, 0.25) is 0 Å². The van der Waals surface area contributed by atoms with E-state index in [0.29, 0.717) is 0 Å². The normalized spacial score (nSPS) is 12.4. The first-order chi connectivity index (χ1) is 26.0. The quantitative estimate of drug-likeness (QED) is 0.0804. The fourth-order valence-electron chi connectivity index (χ4n) is 6.00. The Morgan fingerprint density at radius 2 is 0.893 bits per heavy atom. The maximum Gasteiger partial charge on any atom is 0.342 e. The highest BCUT2D eigenvalue weighted by molar-refractivity contribution is 7.91. The van der Waals surface area contributed by atoms with E-state index in [1.54, 1.807) is 9.44 Å². The number of urea groups is 1. The summed E-state index contributed by atoms with van der Waals surface area (Å²) in [5.41, 5.74) is 0.693. The Kier molecular flexibility index (Phi) is 10.1. The largest absolute Gasteiger partial charge is 0.507 e. The van der Waals surface area contributed by atoms with Gasteiger partial charge in [0.2, 0.25) is 0 Å². The fraction of sp³-hybridized carbons (Fsp3) is 0.0571. The van der Waals surface area contributed by atoms with Crippen molar-refractivity contribution >= 4 is 90.6 Å². The zero-order valence-electron chi connectivity index (χ0n) is 28.8. The maximum atomic E-state index is 13.2. The van der Waals surface area contributed by atoms with Crippen LogP contribution in [0.4, 0.5) is 27.5 Å². The minimum Gasteiger partial charge on any atom is -0.507 e. The van der Waals surface area contributed by atoms with Crippen LogP contribution in [0.3, 0.4) is 0 Å². The number of fused-ring (bicyclic) bond motifs is 2. The Morgan fingerprint density at radius 1 is 0.518 bits per heavy atom. The number of aromatic hydroxyl groups is 2. The highest BCUT2D eigenvalue weighted by Crippen LogP contribution is 2.38. The molecule has 56 heavy (non-hydrogen) atoms. The van der Waals surface area contributed by atoms with Crippen molar-refractivity contribution in [3.63, 3.8) is 0 Å². The summed E-state index contributed by atoms with van der Waals surface area (Å²) in [5, 5.41) is 27.7. The lowest BCUT2D eigenvalue weighted by Gasteiger charge is -2.16. The molecule has 0 unspecified atom stereocenters. The number of nitrogens with one attached hydrogen (secondary N) is 4. The molecule has 21 heteroatoms. The number of hydrogen-bond acceptors (Lipinski definition) is 13. The van der Waals surface area contributed by atoms with E-state index in [1.165, 1.54) is 74.5 Å². The molecular formula is C35H30N4O13S4. The third-order valence-corrected chi connectivity index (χ3v) is 13.0. The van der Waals surface area contributed by atoms with E-state index in [9.17, 15) is 57.8 Å². The van der Waals surface area contributed by atoms with Crippen LogP contribution in [0, 0.1) is 13.8 Å². The lowest BCUT2D eigenvalue weighted by atomic mass is 10.1. The molecule has 0 aliphatic rings. The van der Waals surface area contributed by atoms with Crippen LogP contribution in [0.1, 0.15) is 11.1 Å². The summed E-state index contributed by atoms with van der Waals surface area (Å²) in [6.45, 7) is 2.75. The van der Waals surface area contributed by atoms with Crippen molar-refractivity contribution < 1.29 is 57.8 Å². The summed E-state index contributed by atoms with van der Waals surface area (Å²) in [6, 6.07) is 18.9. The first-order valence-corrected chi connectivity index (χ1v) is 21.7. The second-order valence-corrected chi connectivity index (χ2v) is 18.5. The minimum absolute atomic E-state index is 0.0594. The summed E-state index contributed by atoms with van der Waals surface area (Å²) in [4.78, 5) is 11.0. The zero-order chi connectivity index (χ0) is 41.0. The molecule has 0 radical (unpaired) electrons. The molecule has 6 aromatic carbocycles. The monoisotopic (exact) mass is 842 g/mol. The molecule has 6 rings (SSSR count). The van der Waals surface area contributed by atoms with E-state index >= 15 is 0 Å². The Bertz CT molecular complexity index is 2880. The van der Waals surface area contributed by atoms with Gasteiger partial charge in [0.25, 0.3) is 40.3 Å². The number of phenols is 2. The van der Waals surface area contributed by atoms with Crippen molar-refractivity contribution in [2.75, 3.05) is 10.6 Å². The van der Waals surface area contributed by atoms with E-state index in [1.807, 2.05) is 0 Å². The summed E-state index contributed by atoms with van der Waals surface area (Å²) in [6.07, 6.45) is 0. The molecule has 0 aliphatic carbocycles. The molecule has 0 fully saturated rings. The molecule has 0 atom stereocenters. The van der Waals surface area contributed by atoms with Gasteiger partial charge in [-0.15, -0.1) is 0 Å². The minimum atomic E-state index is -4.69. The van der Waals surface area contributed by atoms with Crippen LogP contribution < -0.4 is 20.1 Å². The smallest absolute Gasteiger partial charge is 0.342 e. The number of benzene rings is 6. The maximum absolute atomic E-state index is 13.2. The van der Waals surface area contributed by atoms with Gasteiger partial charge in [-0.25, -0.2) is 31.1 Å². The highest BCUT2D eigenvalue weighted by atomic mass is 32.2. The second-order valence-electron chi connectivity index (χ2n) is 12.4. The molecule has 2 amide bonds. The topological polar surface area (TPSA) is 283 Å². The number of carbonyl (C=O) groups excluding carboxylic acids is 1. The number of phenolic OH excluding ortho intramolecular Hbond substituents is 2. The average Bonchev–Trinajstić information content (AvgIpc) is 3.06. The molecular weight excluding hydrogens is 813 g/mol. The Balaban J connectivity index is 1.20. The molecule has 0 bridgehead atoms. The van der Waals surface area contributed by atoms with Crippen LogP contribution in [-0.2, 0) is 40.3 Å². The number of aryl methyl sites for hydroxylation is 2. The van der Waals surface area contributed by atoms with Crippen LogP contribution >= 0.6 is 0 Å². The predicted molar refractivity (Wildman–Crippen MR) is 206 cm³/mol. The molecule has 0 saturated heterocycles. The van der Waals surface area contributed by atoms with Crippen molar-refractivity contribution in [3.8, 4) is 11.5 Å². The molecule has 0 spiro atoms. The zero-order valence-corrected chi connectivity index (χ0v) is 32.1. The molecule has 0 heterocycles. The van der Waals surface area contributed by atoms with E-state index in [2.05, 4.69) is 10.6 Å². The van der Waals surface area contributed by atoms with E-state index in [0.717, 1.165) is 36.4 Å². The van der Waals surface area contributed by atoms with Gasteiger partial charge in [-0.3, -0.25) is 9.11 Å². The van der Waals surface area contributed by atoms with Gasteiger partial charge in [0, 0.05) is 22.1 Å². The van der Waals surface area contributed by atoms with Gasteiger partial charge in [0.05, 0.1) is 31.0 Å². The number of anilines is 4. The van der Waals surface area contributed by atoms with Gasteiger partial charge in [-0.2, -0.15) is 16.8 Å². The molecule has 8 N–H and O–H groups in total. The van der Waals surface area contributed by atoms with Crippen molar-refractivity contribution in [1.82, 2.24) is 9.44 Å². The summed E-state index contributed by atoms with van der Waals surface area (Å²) in [7, 11) is -18.7. The van der Waals surface area contributed by atoms with Gasteiger partial charge in [0.1, 0.15) is 11.5 Å². The van der Waals surface area contributed by atoms with E-state index in [4.69, 9.17) is 0 Å². The fourth-order valence-corrected chi connectivity index (χ4v) is 9.42. The highest BCUT2D eigenvalue weighted by Gasteiger charge is 2.26. The third kappa shape index (κ3) is 8.17. The first-order valence-electron chi connectivity index (χ1n) is 15.8. The predicted octanol–water partition coefficient (Wildman–Crippen LogP) is 5.38. The SMILES string of the molecule is Cc1cc(Nc2cc(S(=O)(=O)O)cc3cccc(O)c23)ccc1S(=O)(=O)NC(=O)NS(=O)(=O)c1ccc(Nc2cc(S(=O)(=O)O)cc3cccc(O)c23)cc1C. The Labute approximate surface area is 320 Å². The second kappa shape index (κ2) is 14.3. The van der Waals surface area contributed by atoms with Crippen LogP contribution in [-0.4, -0.2) is 59.0 Å². The van der Waals surface area contributed by atoms with Crippen molar-refractivity contribution in [2.45, 2.75) is 33.4 Å². The first kappa shape index (κ1) is 39.7. The van der Waals surface area contributed by atoms with Crippen molar-refractivity contribution in [3.05, 3.63) is 108 Å². The Morgan fingerprint density at radius 3 is 1.23 bits per heavy atom. The summed E-state index contributed by atoms with van der Waals surface area (Å²) >= 11 is 0. The number of rotatable bonds is 10. The number of amides is 2. The van der Waals surface area contributed by atoms with Gasteiger partial charge in [-0.1, -0.05) is 24.3 Å². The van der Waals surface area contributed by atoms with E-state index < -0.39 is 65.9 Å². The average molecular weight is 843 g/mol. The standard InChI is InChI=1S/C35H30N4O13S4/c1-19-13-23(36-27-17-25(55(47,48)49)15-21-5-3-7-29(40)33(21)27)9-11-31(19)53(43,44)38-35(42)39-54(45,46)32-12-10-24(14-20(32)2)37-28-18-26(56(50,51)52)16-22-6-4-8-30(41)34(22)28/h3-18,36-37,40-41H,1-2H3,(H2,38,39,42)(H,47,48,49)(H,50,51,52).